The summed E-state index contributed by atoms with van der Waals surface area (Å²) in [6, 6.07) is 15.8. The molecular weight excluding hydrogens is 907 g/mol. The number of H-pyrrole nitrogens is 1. The molecule has 0 aliphatic carbocycles. The lowest BCUT2D eigenvalue weighted by molar-refractivity contribution is -0.193. The Bertz CT molecular complexity index is 2550. The first-order valence-corrected chi connectivity index (χ1v) is 23.0. The molecule has 2 aliphatic rings. The van der Waals surface area contributed by atoms with Gasteiger partial charge in [0.2, 0.25) is 11.8 Å². The zero-order chi connectivity index (χ0) is 48.6. The van der Waals surface area contributed by atoms with Gasteiger partial charge in [-0.1, -0.05) is 45.0 Å². The number of hydrogen-bond acceptors (Lipinski definition) is 14. The zero-order valence-corrected chi connectivity index (χ0v) is 38.9. The summed E-state index contributed by atoms with van der Waals surface area (Å²) in [6.07, 6.45) is -0.818. The van der Waals surface area contributed by atoms with Gasteiger partial charge in [-0.25, -0.2) is 18.6 Å². The van der Waals surface area contributed by atoms with Gasteiger partial charge in [0.25, 0.3) is 17.6 Å². The molecule has 4 heterocycles. The quantitative estimate of drug-likeness (QED) is 0.0334. The molecule has 2 fully saturated rings. The fourth-order valence-electron chi connectivity index (χ4n) is 7.79. The number of aryl methyl sites for hydroxylation is 1. The lowest BCUT2D eigenvalue weighted by Crippen LogP contribution is -2.56. The van der Waals surface area contributed by atoms with E-state index in [-0.39, 0.29) is 89.6 Å². The van der Waals surface area contributed by atoms with E-state index >= 15 is 0 Å². The van der Waals surface area contributed by atoms with Crippen LogP contribution in [0.2, 0.25) is 0 Å². The average molecular weight is 963 g/mol. The number of β-amino-alcohol motifs (C(OH)–C–C–N with tert-alkyl or cyclic N) is 1. The Morgan fingerprint density at radius 3 is 2.41 bits per heavy atom. The van der Waals surface area contributed by atoms with Gasteiger partial charge in [-0.05, 0) is 65.4 Å². The highest BCUT2D eigenvalue weighted by Gasteiger charge is 2.46. The molecule has 7 rings (SSSR count). The minimum Gasteiger partial charge on any atom is -0.391 e. The number of thiazole rings is 1. The van der Waals surface area contributed by atoms with Crippen LogP contribution in [0.1, 0.15) is 60.9 Å². The molecule has 68 heavy (non-hydrogen) atoms. The molecule has 7 N–H and O–H groups in total. The second kappa shape index (κ2) is 22.0. The number of amides is 4. The second-order valence-corrected chi connectivity index (χ2v) is 18.5. The number of aliphatic hydroxyl groups is 2. The molecule has 18 nitrogen and oxygen atoms in total. The number of benzene rings is 3. The molecule has 21 heteroatoms. The van der Waals surface area contributed by atoms with Crippen molar-refractivity contribution in [1.82, 2.24) is 36.3 Å². The smallest absolute Gasteiger partial charge is 0.282 e. The summed E-state index contributed by atoms with van der Waals surface area (Å²) in [6.45, 7) is 8.27. The van der Waals surface area contributed by atoms with Crippen LogP contribution in [-0.4, -0.2) is 119 Å². The summed E-state index contributed by atoms with van der Waals surface area (Å²) < 4.78 is 38.2. The van der Waals surface area contributed by atoms with Crippen LogP contribution in [-0.2, 0) is 46.6 Å². The number of carbonyl (C=O) groups excluding carboxylic acids is 4. The molecule has 3 aromatic carbocycles. The first kappa shape index (κ1) is 50.0. The lowest BCUT2D eigenvalue weighted by Gasteiger charge is -2.34. The molecule has 0 radical (unpaired) electrons. The third-order valence-corrected chi connectivity index (χ3v) is 12.4. The van der Waals surface area contributed by atoms with Gasteiger partial charge in [0.05, 0.1) is 54.2 Å². The molecule has 364 valence electrons. The number of halogens is 2. The van der Waals surface area contributed by atoms with Crippen LogP contribution < -0.4 is 26.5 Å². The number of rotatable bonds is 20. The zero-order valence-electron chi connectivity index (χ0n) is 38.1. The van der Waals surface area contributed by atoms with Crippen molar-refractivity contribution in [3.8, 4) is 10.4 Å². The van der Waals surface area contributed by atoms with Gasteiger partial charge in [-0.15, -0.1) is 11.3 Å². The van der Waals surface area contributed by atoms with E-state index in [1.54, 1.807) is 41.1 Å². The predicted octanol–water partition coefficient (Wildman–Crippen LogP) is 3.96. The number of fused-ring (bicyclic) bond motifs is 1. The van der Waals surface area contributed by atoms with Crippen LogP contribution in [0.15, 0.2) is 72.2 Å². The van der Waals surface area contributed by atoms with Gasteiger partial charge >= 0.3 is 0 Å². The fraction of sp³-hybridized carbons (Fsp3) is 0.426. The number of aliphatic hydroxyl groups excluding tert-OH is 1. The van der Waals surface area contributed by atoms with E-state index in [9.17, 15) is 38.2 Å². The van der Waals surface area contributed by atoms with Crippen molar-refractivity contribution in [2.45, 2.75) is 77.6 Å². The molecule has 4 amide bonds. The number of likely N-dealkylation sites (tertiary alicyclic amines) is 1. The maximum atomic E-state index is 13.9. The molecule has 0 spiro atoms. The maximum Gasteiger partial charge on any atom is 0.282 e. The molecule has 4 atom stereocenters. The Kier molecular flexibility index (Phi) is 16.2. The third-order valence-electron chi connectivity index (χ3n) is 11.4. The second-order valence-electron chi connectivity index (χ2n) is 17.7. The minimum absolute atomic E-state index is 0.00640. The summed E-state index contributed by atoms with van der Waals surface area (Å²) >= 11 is 1.57. The first-order chi connectivity index (χ1) is 32.5. The summed E-state index contributed by atoms with van der Waals surface area (Å²) in [5.41, 5.74) is 8.53. The van der Waals surface area contributed by atoms with Crippen molar-refractivity contribution < 1.29 is 57.3 Å². The summed E-state index contributed by atoms with van der Waals surface area (Å²) in [5.74, 6) is -5.76. The predicted molar refractivity (Wildman–Crippen MR) is 246 cm³/mol. The topological polar surface area (TPSA) is 229 Å². The highest BCUT2D eigenvalue weighted by atomic mass is 32.1. The van der Waals surface area contributed by atoms with E-state index < -0.39 is 52.8 Å². The van der Waals surface area contributed by atoms with Gasteiger partial charge in [0, 0.05) is 56.0 Å². The molecule has 2 aliphatic heterocycles. The number of aromatic nitrogens is 2. The normalized spacial score (nSPS) is 18.8. The van der Waals surface area contributed by atoms with Crippen LogP contribution in [0, 0.1) is 24.0 Å². The number of aromatic amines is 1. The first-order valence-electron chi connectivity index (χ1n) is 22.1. The summed E-state index contributed by atoms with van der Waals surface area (Å²) in [5, 5.41) is 31.6. The van der Waals surface area contributed by atoms with Crippen LogP contribution >= 0.6 is 11.3 Å². The lowest BCUT2D eigenvalue weighted by atomic mass is 9.86. The number of hydrogen-bond donors (Lipinski definition) is 7. The highest BCUT2D eigenvalue weighted by molar-refractivity contribution is 7.13. The van der Waals surface area contributed by atoms with Crippen molar-refractivity contribution in [2.24, 2.45) is 5.41 Å². The van der Waals surface area contributed by atoms with Crippen LogP contribution in [0.5, 0.6) is 0 Å². The van der Waals surface area contributed by atoms with Crippen molar-refractivity contribution in [1.29, 1.82) is 0 Å². The van der Waals surface area contributed by atoms with Gasteiger partial charge < -0.3 is 45.5 Å². The van der Waals surface area contributed by atoms with E-state index in [0.29, 0.717) is 22.3 Å². The van der Waals surface area contributed by atoms with Crippen LogP contribution in [0.25, 0.3) is 21.3 Å². The monoisotopic (exact) mass is 962 g/mol. The molecule has 2 aromatic heterocycles. The maximum absolute atomic E-state index is 13.9. The summed E-state index contributed by atoms with van der Waals surface area (Å²) in [4.78, 5) is 73.9. The SMILES string of the molecule is Cc1ncsc1-c1ccc(CNC(=O)[C@@H]2C[C@@H](O)CN2C(=O)[C@@H](NOCOCCOCCNC(=O)c2cc3cc(N4CCC(O)(C(=O)NCc5cc(F)cc(F)c5)O4)ccc3[nH]2)C(C)(C)C)cc1. The van der Waals surface area contributed by atoms with E-state index in [1.165, 1.54) is 9.96 Å². The number of nitrogens with zero attached hydrogens (tertiary/aromatic N) is 3. The molecular formula is C47H56F2N8O10S. The fourth-order valence-corrected chi connectivity index (χ4v) is 8.61. The number of carbonyl (C=O) groups is 4. The minimum atomic E-state index is -2.20. The van der Waals surface area contributed by atoms with Gasteiger partial charge in [-0.2, -0.15) is 5.48 Å². The Balaban J connectivity index is 0.783. The Morgan fingerprint density at radius 2 is 1.69 bits per heavy atom. The number of nitrogens with one attached hydrogen (secondary N) is 5. The van der Waals surface area contributed by atoms with E-state index in [1.807, 2.05) is 52.0 Å². The van der Waals surface area contributed by atoms with Gasteiger partial charge in [0.1, 0.15) is 29.4 Å². The van der Waals surface area contributed by atoms with Gasteiger partial charge in [-0.3, -0.25) is 29.1 Å². The average Bonchev–Trinajstić information content (AvgIpc) is 4.12. The van der Waals surface area contributed by atoms with Crippen molar-refractivity contribution >= 4 is 51.6 Å². The Labute approximate surface area is 395 Å². The molecule has 5 aromatic rings. The Hall–Kier alpha value is -5.91. The summed E-state index contributed by atoms with van der Waals surface area (Å²) in [7, 11) is 0. The van der Waals surface area contributed by atoms with Crippen molar-refractivity contribution in [3.63, 3.8) is 0 Å². The van der Waals surface area contributed by atoms with Crippen LogP contribution in [0.3, 0.4) is 0 Å². The van der Waals surface area contributed by atoms with E-state index in [4.69, 9.17) is 19.1 Å². The third kappa shape index (κ3) is 12.6. The van der Waals surface area contributed by atoms with E-state index in [0.717, 1.165) is 39.9 Å². The number of hydroxylamine groups is 2. The van der Waals surface area contributed by atoms with Crippen molar-refractivity contribution in [2.75, 3.05) is 51.3 Å². The number of anilines is 1. The van der Waals surface area contributed by atoms with Crippen molar-refractivity contribution in [3.05, 3.63) is 106 Å². The number of ether oxygens (including phenoxy) is 2. The molecule has 2 saturated heterocycles. The highest BCUT2D eigenvalue weighted by Crippen LogP contribution is 2.32. The molecule has 0 bridgehead atoms. The largest absolute Gasteiger partial charge is 0.391 e. The van der Waals surface area contributed by atoms with E-state index in [2.05, 4.69) is 31.4 Å². The molecule has 1 unspecified atom stereocenters. The molecule has 0 saturated carbocycles. The van der Waals surface area contributed by atoms with Gasteiger partial charge in [0.15, 0.2) is 6.79 Å². The Morgan fingerprint density at radius 1 is 0.956 bits per heavy atom. The van der Waals surface area contributed by atoms with Crippen LogP contribution in [0.4, 0.5) is 14.5 Å². The standard InChI is InChI=1S/C47H56F2N8O10S/c1-28-40(68-26-53-28)31-7-5-29(6-8-31)23-51-43(60)39-22-36(58)25-56(39)44(61)41(46(2,3)4)55-66-27-65-16-15-64-14-12-50-42(59)38-20-32-19-35(9-10-37(32)54-38)57-13-11-47(63,67-57)45(62)52-24-30-17-33(48)21-34(49)18-30/h5-10,17-21,26,36,39,41,54-55,58,63H,11-16,22-25,27H2,1-4H3,(H,50,59)(H,51,60)(H,52,62)/t36-,39+,41-,47?/m1/s1.